The minimum Gasteiger partial charge on any atom is -0.455 e. The van der Waals surface area contributed by atoms with Crippen molar-refractivity contribution in [3.8, 4) is 0 Å². The number of ether oxygens (including phenoxy) is 1. The minimum absolute atomic E-state index is 0.169. The highest BCUT2D eigenvalue weighted by Gasteiger charge is 2.14. The van der Waals surface area contributed by atoms with Gasteiger partial charge in [-0.25, -0.2) is 0 Å². The van der Waals surface area contributed by atoms with E-state index < -0.39 is 30.3 Å². The normalized spacial score (nSPS) is 10.1. The SMILES string of the molecule is O=C(COC(=O)CCC(=O)Nc1cc(Cl)ccc1Cl)NNC(=O)c1ccccc1Cl. The van der Waals surface area contributed by atoms with Crippen LogP contribution in [0.5, 0.6) is 0 Å². The van der Waals surface area contributed by atoms with E-state index in [9.17, 15) is 19.2 Å². The van der Waals surface area contributed by atoms with Gasteiger partial charge < -0.3 is 10.1 Å². The Labute approximate surface area is 186 Å². The number of benzene rings is 2. The van der Waals surface area contributed by atoms with Crippen LogP contribution >= 0.6 is 34.8 Å². The van der Waals surface area contributed by atoms with Crippen LogP contribution in [0.25, 0.3) is 0 Å². The highest BCUT2D eigenvalue weighted by molar-refractivity contribution is 6.35. The fourth-order valence-electron chi connectivity index (χ4n) is 2.12. The third-order valence-corrected chi connectivity index (χ3v) is 4.45. The number of halogens is 3. The molecule has 0 unspecified atom stereocenters. The first-order chi connectivity index (χ1) is 14.3. The fraction of sp³-hybridized carbons (Fsp3) is 0.158. The molecule has 0 heterocycles. The van der Waals surface area contributed by atoms with Gasteiger partial charge >= 0.3 is 5.97 Å². The summed E-state index contributed by atoms with van der Waals surface area (Å²) < 4.78 is 4.75. The molecule has 2 aromatic rings. The maximum atomic E-state index is 11.9. The maximum Gasteiger partial charge on any atom is 0.306 e. The van der Waals surface area contributed by atoms with Gasteiger partial charge in [-0.05, 0) is 30.3 Å². The smallest absolute Gasteiger partial charge is 0.306 e. The molecule has 0 bridgehead atoms. The van der Waals surface area contributed by atoms with Gasteiger partial charge in [-0.3, -0.25) is 30.0 Å². The Bertz CT molecular complexity index is 968. The number of nitrogens with one attached hydrogen (secondary N) is 3. The summed E-state index contributed by atoms with van der Waals surface area (Å²) in [5.41, 5.74) is 4.73. The lowest BCUT2D eigenvalue weighted by molar-refractivity contribution is -0.149. The minimum atomic E-state index is -0.769. The lowest BCUT2D eigenvalue weighted by Gasteiger charge is -2.09. The van der Waals surface area contributed by atoms with Gasteiger partial charge in [0.15, 0.2) is 6.61 Å². The van der Waals surface area contributed by atoms with Crippen LogP contribution < -0.4 is 16.2 Å². The second-order valence-electron chi connectivity index (χ2n) is 5.82. The van der Waals surface area contributed by atoms with Crippen LogP contribution in [0.4, 0.5) is 5.69 Å². The largest absolute Gasteiger partial charge is 0.455 e. The van der Waals surface area contributed by atoms with Crippen LogP contribution in [-0.4, -0.2) is 30.3 Å². The molecule has 2 rings (SSSR count). The summed E-state index contributed by atoms with van der Waals surface area (Å²) in [6, 6.07) is 10.8. The molecule has 11 heteroatoms. The van der Waals surface area contributed by atoms with E-state index in [0.29, 0.717) is 15.7 Å². The van der Waals surface area contributed by atoms with Crippen molar-refractivity contribution in [3.05, 3.63) is 63.1 Å². The third-order valence-electron chi connectivity index (χ3n) is 3.56. The molecule has 0 aliphatic heterocycles. The van der Waals surface area contributed by atoms with Crippen LogP contribution in [0, 0.1) is 0 Å². The van der Waals surface area contributed by atoms with E-state index in [1.807, 2.05) is 0 Å². The van der Waals surface area contributed by atoms with Crippen LogP contribution in [0.15, 0.2) is 42.5 Å². The second-order valence-corrected chi connectivity index (χ2v) is 7.07. The van der Waals surface area contributed by atoms with E-state index in [0.717, 1.165) is 0 Å². The third kappa shape index (κ3) is 7.55. The maximum absolute atomic E-state index is 11.9. The molecule has 2 aromatic carbocycles. The van der Waals surface area contributed by atoms with Gasteiger partial charge in [0.1, 0.15) is 0 Å². The Kier molecular flexibility index (Phi) is 8.91. The van der Waals surface area contributed by atoms with Crippen molar-refractivity contribution in [2.75, 3.05) is 11.9 Å². The number of hydrogen-bond donors (Lipinski definition) is 3. The zero-order chi connectivity index (χ0) is 22.1. The molecule has 0 aliphatic carbocycles. The zero-order valence-electron chi connectivity index (χ0n) is 15.3. The summed E-state index contributed by atoms with van der Waals surface area (Å²) in [7, 11) is 0. The summed E-state index contributed by atoms with van der Waals surface area (Å²) >= 11 is 17.6. The van der Waals surface area contributed by atoms with Gasteiger partial charge in [-0.15, -0.1) is 0 Å². The molecule has 0 spiro atoms. The van der Waals surface area contributed by atoms with Gasteiger partial charge in [-0.2, -0.15) is 0 Å². The summed E-state index contributed by atoms with van der Waals surface area (Å²) in [5.74, 6) is -2.64. The number of carbonyl (C=O) groups excluding carboxylic acids is 4. The first kappa shape index (κ1) is 23.5. The summed E-state index contributed by atoms with van der Waals surface area (Å²) in [5, 5.41) is 3.43. The fourth-order valence-corrected chi connectivity index (χ4v) is 2.67. The van der Waals surface area contributed by atoms with E-state index in [1.54, 1.807) is 18.2 Å². The Morgan fingerprint density at radius 1 is 0.833 bits per heavy atom. The predicted octanol–water partition coefficient (Wildman–Crippen LogP) is 3.37. The molecule has 158 valence electrons. The Morgan fingerprint density at radius 3 is 2.30 bits per heavy atom. The molecule has 0 aromatic heterocycles. The zero-order valence-corrected chi connectivity index (χ0v) is 17.6. The standard InChI is InChI=1S/C19H16Cl3N3O5/c20-11-5-6-14(22)15(9-11)23-16(26)7-8-18(28)30-10-17(27)24-25-19(29)12-3-1-2-4-13(12)21/h1-6,9H,7-8,10H2,(H,23,26)(H,24,27)(H,25,29). The summed E-state index contributed by atoms with van der Waals surface area (Å²) in [6.45, 7) is -0.636. The van der Waals surface area contributed by atoms with E-state index >= 15 is 0 Å². The molecular weight excluding hydrogens is 457 g/mol. The molecule has 0 aliphatic rings. The topological polar surface area (TPSA) is 114 Å². The van der Waals surface area contributed by atoms with Gasteiger partial charge in [-0.1, -0.05) is 46.9 Å². The van der Waals surface area contributed by atoms with E-state index in [1.165, 1.54) is 24.3 Å². The Balaban J connectivity index is 1.68. The average molecular weight is 473 g/mol. The number of hydrazine groups is 1. The highest BCUT2D eigenvalue weighted by Crippen LogP contribution is 2.25. The van der Waals surface area contributed by atoms with E-state index in [2.05, 4.69) is 16.2 Å². The number of anilines is 1. The van der Waals surface area contributed by atoms with Crippen molar-refractivity contribution in [3.63, 3.8) is 0 Å². The van der Waals surface area contributed by atoms with Gasteiger partial charge in [0.2, 0.25) is 5.91 Å². The molecule has 0 saturated heterocycles. The van der Waals surface area contributed by atoms with E-state index in [-0.39, 0.29) is 23.4 Å². The molecule has 3 amide bonds. The lowest BCUT2D eigenvalue weighted by atomic mass is 10.2. The van der Waals surface area contributed by atoms with Crippen LogP contribution in [0.1, 0.15) is 23.2 Å². The number of rotatable bonds is 7. The van der Waals surface area contributed by atoms with Gasteiger partial charge in [0.25, 0.3) is 11.8 Å². The highest BCUT2D eigenvalue weighted by atomic mass is 35.5. The molecular formula is C19H16Cl3N3O5. The summed E-state index contributed by atoms with van der Waals surface area (Å²) in [4.78, 5) is 47.2. The monoisotopic (exact) mass is 471 g/mol. The van der Waals surface area contributed by atoms with Crippen LogP contribution in [0.3, 0.4) is 0 Å². The van der Waals surface area contributed by atoms with Crippen molar-refractivity contribution in [2.45, 2.75) is 12.8 Å². The van der Waals surface area contributed by atoms with Crippen molar-refractivity contribution in [1.29, 1.82) is 0 Å². The molecule has 30 heavy (non-hydrogen) atoms. The van der Waals surface area contributed by atoms with Gasteiger partial charge in [0, 0.05) is 11.4 Å². The van der Waals surface area contributed by atoms with Crippen molar-refractivity contribution in [1.82, 2.24) is 10.9 Å². The average Bonchev–Trinajstić information content (AvgIpc) is 2.72. The first-order valence-corrected chi connectivity index (χ1v) is 9.64. The number of amides is 3. The Hall–Kier alpha value is -2.81. The van der Waals surface area contributed by atoms with Crippen molar-refractivity contribution < 1.29 is 23.9 Å². The van der Waals surface area contributed by atoms with Gasteiger partial charge in [0.05, 0.1) is 27.7 Å². The Morgan fingerprint density at radius 2 is 1.57 bits per heavy atom. The molecule has 0 radical (unpaired) electrons. The van der Waals surface area contributed by atoms with Crippen molar-refractivity contribution >= 4 is 64.2 Å². The van der Waals surface area contributed by atoms with Crippen LogP contribution in [0.2, 0.25) is 15.1 Å². The molecule has 3 N–H and O–H groups in total. The number of carbonyl (C=O) groups is 4. The van der Waals surface area contributed by atoms with Crippen LogP contribution in [-0.2, 0) is 19.1 Å². The molecule has 0 saturated carbocycles. The van der Waals surface area contributed by atoms with Crippen molar-refractivity contribution in [2.24, 2.45) is 0 Å². The number of hydrogen-bond acceptors (Lipinski definition) is 5. The summed E-state index contributed by atoms with van der Waals surface area (Å²) in [6.07, 6.45) is -0.449. The molecule has 0 fully saturated rings. The predicted molar refractivity (Wildman–Crippen MR) is 112 cm³/mol. The lowest BCUT2D eigenvalue weighted by Crippen LogP contribution is -2.43. The first-order valence-electron chi connectivity index (χ1n) is 8.50. The quantitative estimate of drug-likeness (QED) is 0.422. The molecule has 0 atom stereocenters. The van der Waals surface area contributed by atoms with E-state index in [4.69, 9.17) is 39.5 Å². The second kappa shape index (κ2) is 11.4. The molecule has 8 nitrogen and oxygen atoms in total. The number of esters is 1.